The van der Waals surface area contributed by atoms with Crippen LogP contribution in [0.2, 0.25) is 0 Å². The van der Waals surface area contributed by atoms with E-state index in [2.05, 4.69) is 27.1 Å². The van der Waals surface area contributed by atoms with Crippen LogP contribution < -0.4 is 5.32 Å². The number of aryl methyl sites for hydroxylation is 1. The molecule has 1 aromatic heterocycles. The Hall–Kier alpha value is -1.53. The zero-order valence-corrected chi connectivity index (χ0v) is 14.0. The third-order valence-corrected chi connectivity index (χ3v) is 4.94. The van der Waals surface area contributed by atoms with Crippen LogP contribution in [0.1, 0.15) is 31.2 Å². The minimum Gasteiger partial charge on any atom is -0.377 e. The number of carbonyl (C=O) groups is 1. The molecule has 3 atom stereocenters. The number of carbonyl (C=O) groups excluding carboxylic acids is 1. The summed E-state index contributed by atoms with van der Waals surface area (Å²) in [5.74, 6) is 0.498. The quantitative estimate of drug-likeness (QED) is 0.902. The zero-order valence-electron chi connectivity index (χ0n) is 14.0. The molecule has 23 heavy (non-hydrogen) atoms. The van der Waals surface area contributed by atoms with Crippen LogP contribution in [0.5, 0.6) is 0 Å². The molecule has 2 aliphatic rings. The van der Waals surface area contributed by atoms with Crippen molar-refractivity contribution < 1.29 is 9.53 Å². The predicted molar refractivity (Wildman–Crippen MR) is 86.7 cm³/mol. The van der Waals surface area contributed by atoms with Crippen molar-refractivity contribution in [1.29, 1.82) is 0 Å². The van der Waals surface area contributed by atoms with Gasteiger partial charge in [0.15, 0.2) is 0 Å². The van der Waals surface area contributed by atoms with Gasteiger partial charge in [-0.05, 0) is 32.2 Å². The van der Waals surface area contributed by atoms with E-state index in [1.807, 2.05) is 6.92 Å². The summed E-state index contributed by atoms with van der Waals surface area (Å²) in [5, 5.41) is 2.97. The first-order valence-electron chi connectivity index (χ1n) is 8.55. The summed E-state index contributed by atoms with van der Waals surface area (Å²) in [6.45, 7) is 8.30. The summed E-state index contributed by atoms with van der Waals surface area (Å²) < 4.78 is 5.96. The fourth-order valence-corrected chi connectivity index (χ4v) is 3.51. The van der Waals surface area contributed by atoms with Gasteiger partial charge in [-0.25, -0.2) is 0 Å². The van der Waals surface area contributed by atoms with Crippen molar-refractivity contribution in [2.24, 2.45) is 11.8 Å². The standard InChI is InChI=1S/C17H26N4O2/c1-3-21-5-4-16-13(10-21)6-14(11-23-16)17(22)20-9-15-8-18-12(2)7-19-15/h7-8,13-14,16H,3-6,9-11H2,1-2H3,(H,20,22)/t13-,14+,16+/m0/s1. The number of hydrogen-bond donors (Lipinski definition) is 1. The van der Waals surface area contributed by atoms with Crippen LogP contribution in [0, 0.1) is 18.8 Å². The lowest BCUT2D eigenvalue weighted by Crippen LogP contribution is -2.50. The van der Waals surface area contributed by atoms with Crippen molar-refractivity contribution in [3.63, 3.8) is 0 Å². The van der Waals surface area contributed by atoms with Crippen LogP contribution in [0.25, 0.3) is 0 Å². The lowest BCUT2D eigenvalue weighted by Gasteiger charge is -2.42. The third kappa shape index (κ3) is 4.06. The van der Waals surface area contributed by atoms with E-state index < -0.39 is 0 Å². The maximum Gasteiger partial charge on any atom is 0.225 e. The number of nitrogens with zero attached hydrogens (tertiary/aromatic N) is 3. The highest BCUT2D eigenvalue weighted by Crippen LogP contribution is 2.31. The van der Waals surface area contributed by atoms with Gasteiger partial charge in [0, 0.05) is 19.3 Å². The van der Waals surface area contributed by atoms with Gasteiger partial charge in [0.2, 0.25) is 5.91 Å². The number of nitrogens with one attached hydrogen (secondary N) is 1. The van der Waals surface area contributed by atoms with Gasteiger partial charge in [-0.3, -0.25) is 14.8 Å². The van der Waals surface area contributed by atoms with Crippen molar-refractivity contribution in [2.45, 2.75) is 39.3 Å². The van der Waals surface area contributed by atoms with E-state index >= 15 is 0 Å². The van der Waals surface area contributed by atoms with Crippen LogP contribution in [-0.4, -0.2) is 53.1 Å². The minimum atomic E-state index is -0.0496. The maximum absolute atomic E-state index is 12.4. The highest BCUT2D eigenvalue weighted by molar-refractivity contribution is 5.78. The van der Waals surface area contributed by atoms with Gasteiger partial charge in [0.05, 0.1) is 42.8 Å². The lowest BCUT2D eigenvalue weighted by atomic mass is 9.83. The summed E-state index contributed by atoms with van der Waals surface area (Å²) in [4.78, 5) is 23.3. The van der Waals surface area contributed by atoms with Crippen molar-refractivity contribution in [3.05, 3.63) is 23.8 Å². The molecule has 1 amide bonds. The van der Waals surface area contributed by atoms with E-state index in [-0.39, 0.29) is 11.8 Å². The van der Waals surface area contributed by atoms with E-state index in [4.69, 9.17) is 4.74 Å². The molecule has 0 spiro atoms. The molecule has 126 valence electrons. The summed E-state index contributed by atoms with van der Waals surface area (Å²) in [7, 11) is 0. The monoisotopic (exact) mass is 318 g/mol. The Morgan fingerprint density at radius 2 is 2.30 bits per heavy atom. The summed E-state index contributed by atoms with van der Waals surface area (Å²) in [5.41, 5.74) is 1.66. The highest BCUT2D eigenvalue weighted by Gasteiger charge is 2.37. The lowest BCUT2D eigenvalue weighted by molar-refractivity contribution is -0.139. The first-order chi connectivity index (χ1) is 11.2. The van der Waals surface area contributed by atoms with Crippen molar-refractivity contribution in [2.75, 3.05) is 26.2 Å². The maximum atomic E-state index is 12.4. The molecule has 0 unspecified atom stereocenters. The highest BCUT2D eigenvalue weighted by atomic mass is 16.5. The summed E-state index contributed by atoms with van der Waals surface area (Å²) in [6, 6.07) is 0. The number of ether oxygens (including phenoxy) is 1. The van der Waals surface area contributed by atoms with Crippen LogP contribution >= 0.6 is 0 Å². The number of aromatic nitrogens is 2. The molecule has 2 fully saturated rings. The second-order valence-electron chi connectivity index (χ2n) is 6.61. The molecule has 2 saturated heterocycles. The van der Waals surface area contributed by atoms with Crippen molar-refractivity contribution in [1.82, 2.24) is 20.2 Å². The Morgan fingerprint density at radius 3 is 3.04 bits per heavy atom. The molecule has 6 heteroatoms. The smallest absolute Gasteiger partial charge is 0.225 e. The Bertz CT molecular complexity index is 534. The van der Waals surface area contributed by atoms with Gasteiger partial charge >= 0.3 is 0 Å². The van der Waals surface area contributed by atoms with Gasteiger partial charge in [-0.1, -0.05) is 6.92 Å². The van der Waals surface area contributed by atoms with E-state index in [9.17, 15) is 4.79 Å². The number of likely N-dealkylation sites (tertiary alicyclic amines) is 1. The molecular weight excluding hydrogens is 292 g/mol. The Labute approximate surface area is 137 Å². The molecule has 0 radical (unpaired) electrons. The molecule has 0 aromatic carbocycles. The molecular formula is C17H26N4O2. The van der Waals surface area contributed by atoms with Crippen molar-refractivity contribution >= 4 is 5.91 Å². The summed E-state index contributed by atoms with van der Waals surface area (Å²) in [6.07, 6.45) is 5.78. The number of hydrogen-bond acceptors (Lipinski definition) is 5. The number of piperidine rings is 1. The van der Waals surface area contributed by atoms with Crippen LogP contribution in [0.15, 0.2) is 12.4 Å². The fraction of sp³-hybridized carbons (Fsp3) is 0.706. The Kier molecular flexibility index (Phi) is 5.23. The third-order valence-electron chi connectivity index (χ3n) is 4.94. The Morgan fingerprint density at radius 1 is 1.43 bits per heavy atom. The van der Waals surface area contributed by atoms with Gasteiger partial charge in [0.1, 0.15) is 0 Å². The average molecular weight is 318 g/mol. The van der Waals surface area contributed by atoms with E-state index in [0.717, 1.165) is 43.9 Å². The first kappa shape index (κ1) is 16.3. The molecule has 1 aromatic rings. The van der Waals surface area contributed by atoms with Crippen LogP contribution in [0.3, 0.4) is 0 Å². The minimum absolute atomic E-state index is 0.0496. The molecule has 0 bridgehead atoms. The average Bonchev–Trinajstić information content (AvgIpc) is 2.60. The van der Waals surface area contributed by atoms with Gasteiger partial charge in [0.25, 0.3) is 0 Å². The molecule has 3 heterocycles. The second kappa shape index (κ2) is 7.36. The largest absolute Gasteiger partial charge is 0.377 e. The number of fused-ring (bicyclic) bond motifs is 1. The molecule has 0 saturated carbocycles. The predicted octanol–water partition coefficient (Wildman–Crippen LogP) is 1.15. The second-order valence-corrected chi connectivity index (χ2v) is 6.61. The topological polar surface area (TPSA) is 67.3 Å². The van der Waals surface area contributed by atoms with Gasteiger partial charge < -0.3 is 15.0 Å². The molecule has 1 N–H and O–H groups in total. The van der Waals surface area contributed by atoms with Gasteiger partial charge in [-0.15, -0.1) is 0 Å². The van der Waals surface area contributed by atoms with E-state index in [1.54, 1.807) is 12.4 Å². The first-order valence-corrected chi connectivity index (χ1v) is 8.55. The van der Waals surface area contributed by atoms with E-state index in [0.29, 0.717) is 25.2 Å². The number of rotatable bonds is 4. The summed E-state index contributed by atoms with van der Waals surface area (Å²) >= 11 is 0. The normalized spacial score (nSPS) is 28.2. The fourth-order valence-electron chi connectivity index (χ4n) is 3.51. The van der Waals surface area contributed by atoms with Gasteiger partial charge in [-0.2, -0.15) is 0 Å². The zero-order chi connectivity index (χ0) is 16.2. The van der Waals surface area contributed by atoms with Crippen LogP contribution in [-0.2, 0) is 16.1 Å². The van der Waals surface area contributed by atoms with Crippen LogP contribution in [0.4, 0.5) is 0 Å². The molecule has 6 nitrogen and oxygen atoms in total. The molecule has 3 rings (SSSR count). The Balaban J connectivity index is 1.50. The SMILES string of the molecule is CCN1CC[C@H]2OC[C@H](C(=O)NCc3cnc(C)cn3)C[C@H]2C1. The molecule has 0 aliphatic carbocycles. The number of amides is 1. The van der Waals surface area contributed by atoms with E-state index in [1.165, 1.54) is 0 Å². The van der Waals surface area contributed by atoms with Crippen molar-refractivity contribution in [3.8, 4) is 0 Å². The molecule has 2 aliphatic heterocycles.